The van der Waals surface area contributed by atoms with Gasteiger partial charge in [-0.1, -0.05) is 182 Å². The van der Waals surface area contributed by atoms with Crippen LogP contribution in [0.2, 0.25) is 0 Å². The zero-order chi connectivity index (χ0) is 40.5. The largest absolute Gasteiger partial charge is 0.416 e. The van der Waals surface area contributed by atoms with E-state index in [1.165, 1.54) is 24.3 Å². The Kier molecular flexibility index (Phi) is 11.8. The minimum atomic E-state index is -4.42. The van der Waals surface area contributed by atoms with Crippen LogP contribution in [0, 0.1) is 0 Å². The molecule has 0 saturated heterocycles. The van der Waals surface area contributed by atoms with Crippen LogP contribution in [0.25, 0.3) is 47.6 Å². The molecular weight excluding hydrogens is 739 g/mol. The van der Waals surface area contributed by atoms with E-state index in [0.29, 0.717) is 11.1 Å². The molecule has 0 bridgehead atoms. The molecule has 7 aromatic rings. The van der Waals surface area contributed by atoms with E-state index in [1.807, 2.05) is 170 Å². The van der Waals surface area contributed by atoms with E-state index in [-0.39, 0.29) is 0 Å². The summed E-state index contributed by atoms with van der Waals surface area (Å²) in [6.07, 6.45) is 3.27. The third kappa shape index (κ3) is 9.90. The third-order valence-corrected chi connectivity index (χ3v) is 9.65. The van der Waals surface area contributed by atoms with E-state index in [9.17, 15) is 26.3 Å². The summed E-state index contributed by atoms with van der Waals surface area (Å²) in [6.45, 7) is 0. The summed E-state index contributed by atoms with van der Waals surface area (Å²) in [6, 6.07) is 53.5. The fourth-order valence-electron chi connectivity index (χ4n) is 6.57. The summed E-state index contributed by atoms with van der Waals surface area (Å²) in [7, 11) is 0. The lowest BCUT2D eigenvalue weighted by Gasteiger charge is -2.12. The topological polar surface area (TPSA) is 0 Å². The molecule has 286 valence electrons. The summed E-state index contributed by atoms with van der Waals surface area (Å²) in [5.41, 5.74) is 9.04. The molecule has 0 radical (unpaired) electrons. The predicted molar refractivity (Wildman–Crippen MR) is 227 cm³/mol. The minimum absolute atomic E-state index is 0.677. The fourth-order valence-corrected chi connectivity index (χ4v) is 6.57. The van der Waals surface area contributed by atoms with Crippen molar-refractivity contribution < 1.29 is 26.3 Å². The van der Waals surface area contributed by atoms with Crippen LogP contribution in [0.15, 0.2) is 182 Å². The van der Waals surface area contributed by atoms with E-state index in [0.717, 1.165) is 79.9 Å². The Labute approximate surface area is 334 Å². The van der Waals surface area contributed by atoms with E-state index < -0.39 is 23.5 Å². The average Bonchev–Trinajstić information content (AvgIpc) is 3.24. The summed E-state index contributed by atoms with van der Waals surface area (Å²) in [4.78, 5) is 0. The van der Waals surface area contributed by atoms with E-state index in [4.69, 9.17) is 0 Å². The van der Waals surface area contributed by atoms with Crippen LogP contribution in [0.5, 0.6) is 0 Å². The number of benzene rings is 7. The number of halogens is 6. The second-order valence-corrected chi connectivity index (χ2v) is 13.6. The maximum absolute atomic E-state index is 13.3. The SMILES string of the molecule is FC(F)(F)c1ccc(C(=Cc2ccccc2C=Cc2ccc(C=Cc3ccccc3C=C(c3ccccc3)c3ccc(C(F)(F)F)cc3)cc2)c2ccccc2)cc1. The Morgan fingerprint density at radius 3 is 0.914 bits per heavy atom. The first-order valence-electron chi connectivity index (χ1n) is 18.6. The van der Waals surface area contributed by atoms with Crippen molar-refractivity contribution in [3.05, 3.63) is 249 Å². The highest BCUT2D eigenvalue weighted by molar-refractivity contribution is 5.94. The molecule has 0 saturated carbocycles. The molecule has 0 aliphatic rings. The summed E-state index contributed by atoms with van der Waals surface area (Å²) >= 11 is 0. The van der Waals surface area contributed by atoms with Gasteiger partial charge in [-0.2, -0.15) is 26.3 Å². The lowest BCUT2D eigenvalue weighted by atomic mass is 9.93. The number of hydrogen-bond donors (Lipinski definition) is 0. The van der Waals surface area contributed by atoms with Gasteiger partial charge >= 0.3 is 12.4 Å². The van der Waals surface area contributed by atoms with Crippen LogP contribution in [-0.2, 0) is 12.4 Å². The Bertz CT molecular complexity index is 2390. The second-order valence-electron chi connectivity index (χ2n) is 13.6. The Balaban J connectivity index is 1.13. The molecule has 0 fully saturated rings. The Morgan fingerprint density at radius 1 is 0.293 bits per heavy atom. The van der Waals surface area contributed by atoms with Crippen LogP contribution < -0.4 is 0 Å². The zero-order valence-electron chi connectivity index (χ0n) is 31.1. The standard InChI is InChI=1S/C52H36F6/c53-51(54,55)47-31-27-43(28-32-47)49(41-13-3-1-4-14-41)35-45-17-9-7-11-39(45)25-23-37-19-21-38(22-20-37)24-26-40-12-8-10-18-46(40)36-50(42-15-5-2-6-16-42)44-29-33-48(34-30-44)52(56,57)58/h1-36H. The fraction of sp³-hybridized carbons (Fsp3) is 0.0385. The Hall–Kier alpha value is -6.92. The van der Waals surface area contributed by atoms with Crippen molar-refractivity contribution in [1.29, 1.82) is 0 Å². The quantitative estimate of drug-likeness (QED) is 0.0959. The first-order chi connectivity index (χ1) is 28.0. The van der Waals surface area contributed by atoms with Gasteiger partial charge in [0.05, 0.1) is 11.1 Å². The third-order valence-electron chi connectivity index (χ3n) is 9.65. The number of rotatable bonds is 10. The van der Waals surface area contributed by atoms with Gasteiger partial charge in [0.1, 0.15) is 0 Å². The molecule has 58 heavy (non-hydrogen) atoms. The zero-order valence-corrected chi connectivity index (χ0v) is 31.1. The number of alkyl halides is 6. The van der Waals surface area contributed by atoms with Gasteiger partial charge in [-0.15, -0.1) is 0 Å². The second kappa shape index (κ2) is 17.5. The van der Waals surface area contributed by atoms with Crippen molar-refractivity contribution in [1.82, 2.24) is 0 Å². The van der Waals surface area contributed by atoms with Crippen molar-refractivity contribution in [2.75, 3.05) is 0 Å². The van der Waals surface area contributed by atoms with E-state index in [1.54, 1.807) is 0 Å². The lowest BCUT2D eigenvalue weighted by Crippen LogP contribution is -2.04. The predicted octanol–water partition coefficient (Wildman–Crippen LogP) is 15.2. The molecule has 7 aromatic carbocycles. The highest BCUT2D eigenvalue weighted by Crippen LogP contribution is 2.34. The van der Waals surface area contributed by atoms with Crippen molar-refractivity contribution >= 4 is 47.6 Å². The van der Waals surface area contributed by atoms with Gasteiger partial charge in [0.2, 0.25) is 0 Å². The average molecular weight is 775 g/mol. The highest BCUT2D eigenvalue weighted by Gasteiger charge is 2.31. The van der Waals surface area contributed by atoms with Gasteiger partial charge in [0, 0.05) is 0 Å². The Morgan fingerprint density at radius 2 is 0.586 bits per heavy atom. The van der Waals surface area contributed by atoms with Gasteiger partial charge in [-0.25, -0.2) is 0 Å². The molecule has 0 spiro atoms. The molecule has 0 nitrogen and oxygen atoms in total. The monoisotopic (exact) mass is 774 g/mol. The van der Waals surface area contributed by atoms with Crippen molar-refractivity contribution in [2.24, 2.45) is 0 Å². The van der Waals surface area contributed by atoms with Gasteiger partial charge in [0.25, 0.3) is 0 Å². The molecule has 0 unspecified atom stereocenters. The van der Waals surface area contributed by atoms with Crippen molar-refractivity contribution in [3.8, 4) is 0 Å². The first-order valence-corrected chi connectivity index (χ1v) is 18.6. The van der Waals surface area contributed by atoms with Crippen LogP contribution >= 0.6 is 0 Å². The van der Waals surface area contributed by atoms with Crippen LogP contribution in [0.4, 0.5) is 26.3 Å². The molecule has 0 aliphatic heterocycles. The molecule has 6 heteroatoms. The molecular formula is C52H36F6. The summed E-state index contributed by atoms with van der Waals surface area (Å²) < 4.78 is 80.0. The van der Waals surface area contributed by atoms with Crippen LogP contribution in [-0.4, -0.2) is 0 Å². The minimum Gasteiger partial charge on any atom is -0.166 e. The molecule has 0 heterocycles. The van der Waals surface area contributed by atoms with Gasteiger partial charge < -0.3 is 0 Å². The van der Waals surface area contributed by atoms with Gasteiger partial charge in [-0.3, -0.25) is 0 Å². The molecule has 0 amide bonds. The summed E-state index contributed by atoms with van der Waals surface area (Å²) in [5, 5.41) is 0. The van der Waals surface area contributed by atoms with Gasteiger partial charge in [0.15, 0.2) is 0 Å². The highest BCUT2D eigenvalue weighted by atomic mass is 19.4. The first kappa shape index (κ1) is 39.3. The van der Waals surface area contributed by atoms with Crippen molar-refractivity contribution in [3.63, 3.8) is 0 Å². The van der Waals surface area contributed by atoms with Gasteiger partial charge in [-0.05, 0) is 103 Å². The maximum atomic E-state index is 13.3. The van der Waals surface area contributed by atoms with Crippen LogP contribution in [0.1, 0.15) is 66.8 Å². The number of hydrogen-bond acceptors (Lipinski definition) is 0. The normalized spacial score (nSPS) is 12.7. The lowest BCUT2D eigenvalue weighted by molar-refractivity contribution is -0.138. The molecule has 7 rings (SSSR count). The molecule has 0 N–H and O–H groups in total. The van der Waals surface area contributed by atoms with E-state index >= 15 is 0 Å². The smallest absolute Gasteiger partial charge is 0.166 e. The molecule has 0 aromatic heterocycles. The maximum Gasteiger partial charge on any atom is 0.416 e. The molecule has 0 atom stereocenters. The molecule has 0 aliphatic carbocycles. The summed E-state index contributed by atoms with van der Waals surface area (Å²) in [5.74, 6) is 0. The van der Waals surface area contributed by atoms with Crippen LogP contribution in [0.3, 0.4) is 0 Å². The van der Waals surface area contributed by atoms with Crippen molar-refractivity contribution in [2.45, 2.75) is 12.4 Å². The van der Waals surface area contributed by atoms with E-state index in [2.05, 4.69) is 0 Å².